The minimum Gasteiger partial charge on any atom is -0.329 e. The van der Waals surface area contributed by atoms with Gasteiger partial charge in [0.15, 0.2) is 0 Å². The van der Waals surface area contributed by atoms with Gasteiger partial charge in [-0.15, -0.1) is 0 Å². The Bertz CT molecular complexity index is 427. The molecule has 0 aromatic carbocycles. The largest absolute Gasteiger partial charge is 0.329 e. The quantitative estimate of drug-likeness (QED) is 0.736. The molecule has 82 valence electrons. The van der Waals surface area contributed by atoms with Crippen LogP contribution in [0.4, 0.5) is 0 Å². The molecule has 15 heavy (non-hydrogen) atoms. The lowest BCUT2D eigenvalue weighted by molar-refractivity contribution is 0.577. The first kappa shape index (κ1) is 9.65. The van der Waals surface area contributed by atoms with E-state index in [0.717, 1.165) is 36.9 Å². The van der Waals surface area contributed by atoms with Crippen LogP contribution in [-0.2, 0) is 11.6 Å². The van der Waals surface area contributed by atoms with E-state index in [-0.39, 0.29) is 0 Å². The molecule has 3 rings (SSSR count). The van der Waals surface area contributed by atoms with E-state index in [0.29, 0.717) is 11.3 Å². The van der Waals surface area contributed by atoms with Crippen molar-refractivity contribution in [2.24, 2.45) is 7.05 Å². The average molecular weight is 224 g/mol. The van der Waals surface area contributed by atoms with Gasteiger partial charge in [-0.1, -0.05) is 0 Å². The number of hydrogen-bond donors (Lipinski definition) is 0. The SMILES string of the molecule is Cc1ncc(P(=O)(C2CC2)C2CC2)n1C. The molecular formula is C11H17N2OP. The Hall–Kier alpha value is -0.560. The number of hydrogen-bond acceptors (Lipinski definition) is 2. The van der Waals surface area contributed by atoms with Crippen LogP contribution >= 0.6 is 7.14 Å². The molecule has 0 aliphatic heterocycles. The van der Waals surface area contributed by atoms with E-state index >= 15 is 0 Å². The van der Waals surface area contributed by atoms with Crippen LogP contribution in [0.2, 0.25) is 0 Å². The lowest BCUT2D eigenvalue weighted by atomic mass is 10.7. The van der Waals surface area contributed by atoms with Crippen LogP contribution in [0, 0.1) is 6.92 Å². The normalized spacial score (nSPS) is 22.0. The van der Waals surface area contributed by atoms with E-state index < -0.39 is 7.14 Å². The topological polar surface area (TPSA) is 34.9 Å². The van der Waals surface area contributed by atoms with Gasteiger partial charge in [-0.2, -0.15) is 0 Å². The van der Waals surface area contributed by atoms with Crippen molar-refractivity contribution in [1.29, 1.82) is 0 Å². The van der Waals surface area contributed by atoms with Gasteiger partial charge in [0.25, 0.3) is 0 Å². The Kier molecular flexibility index (Phi) is 1.91. The number of aryl methyl sites for hydroxylation is 1. The van der Waals surface area contributed by atoms with Gasteiger partial charge in [-0.3, -0.25) is 0 Å². The lowest BCUT2D eigenvalue weighted by Gasteiger charge is -2.17. The minimum atomic E-state index is -2.11. The fourth-order valence-corrected chi connectivity index (χ4v) is 6.43. The summed E-state index contributed by atoms with van der Waals surface area (Å²) < 4.78 is 15.2. The molecule has 2 aliphatic rings. The number of nitrogens with zero attached hydrogens (tertiary/aromatic N) is 2. The summed E-state index contributed by atoms with van der Waals surface area (Å²) in [7, 11) is -0.115. The van der Waals surface area contributed by atoms with Crippen LogP contribution in [0.3, 0.4) is 0 Å². The molecule has 4 heteroatoms. The lowest BCUT2D eigenvalue weighted by Crippen LogP contribution is -2.20. The molecule has 1 aromatic heterocycles. The van der Waals surface area contributed by atoms with Crippen LogP contribution in [-0.4, -0.2) is 20.9 Å². The number of rotatable bonds is 3. The van der Waals surface area contributed by atoms with E-state index in [4.69, 9.17) is 0 Å². The predicted octanol–water partition coefficient (Wildman–Crippen LogP) is 2.04. The van der Waals surface area contributed by atoms with Gasteiger partial charge in [0.2, 0.25) is 0 Å². The molecule has 2 aliphatic carbocycles. The Morgan fingerprint density at radius 2 is 1.87 bits per heavy atom. The standard InChI is InChI=1S/C11H17N2OP/c1-8-12-7-11(13(8)2)15(14,9-3-4-9)10-5-6-10/h7,9-10H,3-6H2,1-2H3. The first-order valence-corrected chi connectivity index (χ1v) is 7.57. The van der Waals surface area contributed by atoms with Crippen LogP contribution in [0.1, 0.15) is 31.5 Å². The molecule has 1 heterocycles. The summed E-state index contributed by atoms with van der Waals surface area (Å²) in [5.74, 6) is 0.978. The number of aromatic nitrogens is 2. The zero-order valence-corrected chi connectivity index (χ0v) is 10.2. The summed E-state index contributed by atoms with van der Waals surface area (Å²) >= 11 is 0. The summed E-state index contributed by atoms with van der Waals surface area (Å²) in [6, 6.07) is 0. The average Bonchev–Trinajstić information content (AvgIpc) is 3.07. The second kappa shape index (κ2) is 2.98. The summed E-state index contributed by atoms with van der Waals surface area (Å²) in [5.41, 5.74) is 2.00. The van der Waals surface area contributed by atoms with E-state index in [9.17, 15) is 4.57 Å². The van der Waals surface area contributed by atoms with Crippen molar-refractivity contribution in [3.63, 3.8) is 0 Å². The Morgan fingerprint density at radius 1 is 1.33 bits per heavy atom. The second-order valence-corrected chi connectivity index (χ2v) is 8.23. The Balaban J connectivity index is 2.09. The first-order chi connectivity index (χ1) is 7.14. The van der Waals surface area contributed by atoms with Crippen molar-refractivity contribution in [3.05, 3.63) is 12.0 Å². The second-order valence-electron chi connectivity index (χ2n) is 4.89. The molecule has 0 spiro atoms. The van der Waals surface area contributed by atoms with Crippen LogP contribution in [0.25, 0.3) is 0 Å². The van der Waals surface area contributed by atoms with Gasteiger partial charge in [0.1, 0.15) is 13.0 Å². The molecule has 0 bridgehead atoms. The van der Waals surface area contributed by atoms with Gasteiger partial charge >= 0.3 is 0 Å². The maximum Gasteiger partial charge on any atom is 0.138 e. The van der Waals surface area contributed by atoms with E-state index in [1.807, 2.05) is 24.7 Å². The number of imidazole rings is 1. The monoisotopic (exact) mass is 224 g/mol. The highest BCUT2D eigenvalue weighted by molar-refractivity contribution is 7.73. The van der Waals surface area contributed by atoms with Gasteiger partial charge in [-0.05, 0) is 32.6 Å². The molecule has 0 unspecified atom stereocenters. The zero-order valence-electron chi connectivity index (χ0n) is 9.31. The van der Waals surface area contributed by atoms with Gasteiger partial charge in [-0.25, -0.2) is 4.98 Å². The van der Waals surface area contributed by atoms with Crippen LogP contribution in [0.15, 0.2) is 6.20 Å². The summed E-state index contributed by atoms with van der Waals surface area (Å²) in [5, 5.41) is 0. The molecule has 0 N–H and O–H groups in total. The molecule has 0 amide bonds. The zero-order chi connectivity index (χ0) is 10.6. The molecule has 2 fully saturated rings. The molecule has 0 atom stereocenters. The third-order valence-corrected chi connectivity index (χ3v) is 8.07. The van der Waals surface area contributed by atoms with Crippen molar-refractivity contribution < 1.29 is 4.57 Å². The van der Waals surface area contributed by atoms with Gasteiger partial charge in [0, 0.05) is 18.4 Å². The van der Waals surface area contributed by atoms with E-state index in [1.54, 1.807) is 0 Å². The van der Waals surface area contributed by atoms with Crippen molar-refractivity contribution in [1.82, 2.24) is 9.55 Å². The van der Waals surface area contributed by atoms with Crippen LogP contribution < -0.4 is 5.44 Å². The molecule has 2 saturated carbocycles. The molecule has 3 nitrogen and oxygen atoms in total. The maximum absolute atomic E-state index is 13.1. The summed E-state index contributed by atoms with van der Waals surface area (Å²) in [6.07, 6.45) is 6.51. The van der Waals surface area contributed by atoms with Crippen molar-refractivity contribution in [2.75, 3.05) is 0 Å². The Labute approximate surface area is 90.3 Å². The highest BCUT2D eigenvalue weighted by atomic mass is 31.2. The van der Waals surface area contributed by atoms with Crippen molar-refractivity contribution in [2.45, 2.75) is 43.9 Å². The fraction of sp³-hybridized carbons (Fsp3) is 0.727. The third-order valence-electron chi connectivity index (χ3n) is 3.73. The van der Waals surface area contributed by atoms with Gasteiger partial charge in [0.05, 0.1) is 11.6 Å². The predicted molar refractivity (Wildman–Crippen MR) is 61.2 cm³/mol. The van der Waals surface area contributed by atoms with Gasteiger partial charge < -0.3 is 9.13 Å². The summed E-state index contributed by atoms with van der Waals surface area (Å²) in [6.45, 7) is 1.98. The molecule has 1 aromatic rings. The minimum absolute atomic E-state index is 0.486. The first-order valence-electron chi connectivity index (χ1n) is 5.72. The van der Waals surface area contributed by atoms with Crippen LogP contribution in [0.5, 0.6) is 0 Å². The third kappa shape index (κ3) is 1.32. The molecular weight excluding hydrogens is 207 g/mol. The smallest absolute Gasteiger partial charge is 0.138 e. The summed E-state index contributed by atoms with van der Waals surface area (Å²) in [4.78, 5) is 4.29. The molecule has 0 saturated heterocycles. The highest BCUT2D eigenvalue weighted by Crippen LogP contribution is 2.69. The van der Waals surface area contributed by atoms with E-state index in [1.165, 1.54) is 0 Å². The van der Waals surface area contributed by atoms with Crippen molar-refractivity contribution in [3.8, 4) is 0 Å². The van der Waals surface area contributed by atoms with Crippen molar-refractivity contribution >= 4 is 12.6 Å². The highest BCUT2D eigenvalue weighted by Gasteiger charge is 2.53. The fourth-order valence-electron chi connectivity index (χ4n) is 2.40. The Morgan fingerprint density at radius 3 is 2.20 bits per heavy atom. The maximum atomic E-state index is 13.1. The molecule has 0 radical (unpaired) electrons. The van der Waals surface area contributed by atoms with E-state index in [2.05, 4.69) is 4.98 Å².